The predicted octanol–water partition coefficient (Wildman–Crippen LogP) is 1.85. The van der Waals surface area contributed by atoms with E-state index >= 15 is 0 Å². The van der Waals surface area contributed by atoms with Crippen LogP contribution in [0, 0.1) is 0 Å². The molecule has 4 heteroatoms. The maximum Gasteiger partial charge on any atom is 0.127 e. The second-order valence-corrected chi connectivity index (χ2v) is 5.05. The van der Waals surface area contributed by atoms with Crippen LogP contribution in [0.25, 0.3) is 0 Å². The first-order chi connectivity index (χ1) is 7.66. The summed E-state index contributed by atoms with van der Waals surface area (Å²) in [5.74, 6) is 1.02. The molecule has 0 aliphatic carbocycles. The van der Waals surface area contributed by atoms with E-state index in [9.17, 15) is 5.11 Å². The van der Waals surface area contributed by atoms with Gasteiger partial charge in [-0.15, -0.1) is 0 Å². The van der Waals surface area contributed by atoms with Crippen molar-refractivity contribution in [1.82, 2.24) is 5.32 Å². The van der Waals surface area contributed by atoms with Gasteiger partial charge in [0.25, 0.3) is 0 Å². The largest absolute Gasteiger partial charge is 0.493 e. The fourth-order valence-corrected chi connectivity index (χ4v) is 2.45. The van der Waals surface area contributed by atoms with Crippen molar-refractivity contribution < 1.29 is 9.84 Å². The Morgan fingerprint density at radius 1 is 1.56 bits per heavy atom. The summed E-state index contributed by atoms with van der Waals surface area (Å²) in [6.07, 6.45) is 0.666. The molecule has 0 bridgehead atoms. The lowest BCUT2D eigenvalue weighted by molar-refractivity contribution is 0.191. The average molecular weight is 286 g/mol. The molecule has 0 spiro atoms. The van der Waals surface area contributed by atoms with E-state index in [1.165, 1.54) is 5.56 Å². The highest BCUT2D eigenvalue weighted by molar-refractivity contribution is 9.10. The Bertz CT molecular complexity index is 380. The lowest BCUT2D eigenvalue weighted by Crippen LogP contribution is -2.24. The van der Waals surface area contributed by atoms with Gasteiger partial charge in [0.2, 0.25) is 0 Å². The Balaban J connectivity index is 2.08. The van der Waals surface area contributed by atoms with Gasteiger partial charge in [-0.2, -0.15) is 0 Å². The lowest BCUT2D eigenvalue weighted by atomic mass is 10.1. The Kier molecular flexibility index (Phi) is 3.84. The van der Waals surface area contributed by atoms with Crippen molar-refractivity contribution in [1.29, 1.82) is 0 Å². The third-order valence-electron chi connectivity index (χ3n) is 2.58. The van der Waals surface area contributed by atoms with E-state index in [0.29, 0.717) is 6.54 Å². The number of hydrogen-bond acceptors (Lipinski definition) is 3. The van der Waals surface area contributed by atoms with Crippen LogP contribution in [0.1, 0.15) is 18.1 Å². The van der Waals surface area contributed by atoms with Gasteiger partial charge < -0.3 is 15.2 Å². The normalized spacial score (nSPS) is 15.7. The van der Waals surface area contributed by atoms with Crippen LogP contribution in [-0.4, -0.2) is 24.4 Å². The molecule has 2 N–H and O–H groups in total. The molecule has 0 saturated heterocycles. The van der Waals surface area contributed by atoms with Crippen molar-refractivity contribution in [3.05, 3.63) is 27.7 Å². The monoisotopic (exact) mass is 285 g/mol. The second kappa shape index (κ2) is 5.17. The summed E-state index contributed by atoms with van der Waals surface area (Å²) < 4.78 is 6.71. The molecule has 1 aromatic rings. The molecule has 0 radical (unpaired) electrons. The van der Waals surface area contributed by atoms with Crippen molar-refractivity contribution in [2.45, 2.75) is 26.0 Å². The number of rotatable bonds is 4. The van der Waals surface area contributed by atoms with Gasteiger partial charge in [-0.3, -0.25) is 0 Å². The Morgan fingerprint density at radius 2 is 2.38 bits per heavy atom. The maximum absolute atomic E-state index is 9.18. The summed E-state index contributed by atoms with van der Waals surface area (Å²) in [5.41, 5.74) is 2.42. The van der Waals surface area contributed by atoms with Gasteiger partial charge in [-0.25, -0.2) is 0 Å². The van der Waals surface area contributed by atoms with Crippen molar-refractivity contribution in [3.63, 3.8) is 0 Å². The first-order valence-corrected chi connectivity index (χ1v) is 6.29. The average Bonchev–Trinajstić information content (AvgIpc) is 2.64. The van der Waals surface area contributed by atoms with Crippen LogP contribution in [0.5, 0.6) is 5.75 Å². The number of nitrogens with one attached hydrogen (secondary N) is 1. The fourth-order valence-electron chi connectivity index (χ4n) is 1.89. The number of fused-ring (bicyclic) bond motifs is 1. The molecular formula is C12H16BrNO2. The zero-order valence-electron chi connectivity index (χ0n) is 9.29. The molecule has 0 fully saturated rings. The van der Waals surface area contributed by atoms with E-state index in [-0.39, 0.29) is 6.10 Å². The molecule has 16 heavy (non-hydrogen) atoms. The van der Waals surface area contributed by atoms with Crippen molar-refractivity contribution in [2.75, 3.05) is 13.2 Å². The molecule has 0 aromatic heterocycles. The van der Waals surface area contributed by atoms with Crippen LogP contribution in [0.15, 0.2) is 16.6 Å². The van der Waals surface area contributed by atoms with Crippen LogP contribution >= 0.6 is 15.9 Å². The van der Waals surface area contributed by atoms with Gasteiger partial charge in [0.15, 0.2) is 0 Å². The Morgan fingerprint density at radius 3 is 3.12 bits per heavy atom. The van der Waals surface area contributed by atoms with E-state index in [4.69, 9.17) is 4.74 Å². The molecule has 1 aliphatic heterocycles. The maximum atomic E-state index is 9.18. The van der Waals surface area contributed by atoms with Crippen molar-refractivity contribution >= 4 is 15.9 Å². The van der Waals surface area contributed by atoms with Crippen molar-refractivity contribution in [2.24, 2.45) is 0 Å². The highest BCUT2D eigenvalue weighted by Crippen LogP contribution is 2.32. The minimum Gasteiger partial charge on any atom is -0.493 e. The van der Waals surface area contributed by atoms with Gasteiger partial charge in [0.1, 0.15) is 5.75 Å². The third kappa shape index (κ3) is 2.75. The molecule has 1 aliphatic rings. The molecule has 0 amide bonds. The summed E-state index contributed by atoms with van der Waals surface area (Å²) in [6, 6.07) is 4.18. The third-order valence-corrected chi connectivity index (χ3v) is 3.04. The van der Waals surface area contributed by atoms with E-state index in [2.05, 4.69) is 33.4 Å². The number of aliphatic hydroxyl groups is 1. The molecule has 1 heterocycles. The van der Waals surface area contributed by atoms with Crippen LogP contribution in [0.2, 0.25) is 0 Å². The number of halogens is 1. The number of benzene rings is 1. The van der Waals surface area contributed by atoms with E-state index in [1.54, 1.807) is 6.92 Å². The molecular weight excluding hydrogens is 270 g/mol. The number of hydrogen-bond donors (Lipinski definition) is 2. The van der Waals surface area contributed by atoms with Gasteiger partial charge in [-0.1, -0.05) is 15.9 Å². The smallest absolute Gasteiger partial charge is 0.127 e. The van der Waals surface area contributed by atoms with E-state index in [0.717, 1.165) is 35.4 Å². The Hall–Kier alpha value is -0.580. The summed E-state index contributed by atoms with van der Waals surface area (Å²) in [4.78, 5) is 0. The number of aliphatic hydroxyl groups excluding tert-OH is 1. The van der Waals surface area contributed by atoms with Crippen LogP contribution < -0.4 is 10.1 Å². The summed E-state index contributed by atoms with van der Waals surface area (Å²) in [6.45, 7) is 3.87. The van der Waals surface area contributed by atoms with Gasteiger partial charge >= 0.3 is 0 Å². The molecule has 1 aromatic carbocycles. The highest BCUT2D eigenvalue weighted by Gasteiger charge is 2.17. The van der Waals surface area contributed by atoms with Gasteiger partial charge in [-0.05, 0) is 24.6 Å². The summed E-state index contributed by atoms with van der Waals surface area (Å²) in [5, 5.41) is 12.4. The van der Waals surface area contributed by atoms with Gasteiger partial charge in [0, 0.05) is 29.5 Å². The van der Waals surface area contributed by atoms with Crippen LogP contribution in [0.4, 0.5) is 0 Å². The quantitative estimate of drug-likeness (QED) is 0.887. The van der Waals surface area contributed by atoms with Crippen LogP contribution in [-0.2, 0) is 13.0 Å². The second-order valence-electron chi connectivity index (χ2n) is 4.13. The standard InChI is InChI=1S/C12H16BrNO2/c1-8(15)6-14-7-10-5-11(13)4-9-2-3-16-12(9)10/h4-5,8,14-15H,2-3,6-7H2,1H3. The van der Waals surface area contributed by atoms with Gasteiger partial charge in [0.05, 0.1) is 12.7 Å². The lowest BCUT2D eigenvalue weighted by Gasteiger charge is -2.11. The predicted molar refractivity (Wildman–Crippen MR) is 66.7 cm³/mol. The summed E-state index contributed by atoms with van der Waals surface area (Å²) >= 11 is 3.50. The van der Waals surface area contributed by atoms with E-state index in [1.807, 2.05) is 0 Å². The molecule has 1 atom stereocenters. The zero-order chi connectivity index (χ0) is 11.5. The molecule has 1 unspecified atom stereocenters. The van der Waals surface area contributed by atoms with E-state index < -0.39 is 0 Å². The molecule has 88 valence electrons. The van der Waals surface area contributed by atoms with Crippen LogP contribution in [0.3, 0.4) is 0 Å². The van der Waals surface area contributed by atoms with Crippen molar-refractivity contribution in [3.8, 4) is 5.75 Å². The molecule has 2 rings (SSSR count). The zero-order valence-corrected chi connectivity index (χ0v) is 10.9. The first kappa shape index (κ1) is 11.9. The Labute approximate surface area is 104 Å². The molecule has 3 nitrogen and oxygen atoms in total. The highest BCUT2D eigenvalue weighted by atomic mass is 79.9. The SMILES string of the molecule is CC(O)CNCc1cc(Br)cc2c1OCC2. The minimum atomic E-state index is -0.318. The number of ether oxygens (including phenoxy) is 1. The summed E-state index contributed by atoms with van der Waals surface area (Å²) in [7, 11) is 0. The fraction of sp³-hybridized carbons (Fsp3) is 0.500. The molecule has 0 saturated carbocycles. The minimum absolute atomic E-state index is 0.318. The first-order valence-electron chi connectivity index (χ1n) is 5.49. The topological polar surface area (TPSA) is 41.5 Å².